The topological polar surface area (TPSA) is 62.3 Å². The maximum absolute atomic E-state index is 12.6. The molecule has 1 saturated heterocycles. The summed E-state index contributed by atoms with van der Waals surface area (Å²) < 4.78 is 11.6. The number of piperazine rings is 1. The van der Waals surface area contributed by atoms with Gasteiger partial charge in [0, 0.05) is 45.6 Å². The summed E-state index contributed by atoms with van der Waals surface area (Å²) in [6.45, 7) is 10.8. The molecule has 2 aromatic carbocycles. The van der Waals surface area contributed by atoms with E-state index in [2.05, 4.69) is 77.5 Å². The molecule has 0 bridgehead atoms. The van der Waals surface area contributed by atoms with E-state index in [4.69, 9.17) is 32.7 Å². The molecular weight excluding hydrogens is 729 g/mol. The normalized spacial score (nSPS) is 14.0. The maximum atomic E-state index is 12.6. The van der Waals surface area contributed by atoms with E-state index >= 15 is 0 Å². The molecule has 1 heterocycles. The van der Waals surface area contributed by atoms with E-state index in [1.807, 2.05) is 43.3 Å². The Labute approximate surface area is 341 Å². The van der Waals surface area contributed by atoms with E-state index in [1.54, 1.807) is 0 Å². The molecule has 0 saturated carbocycles. The largest absolute Gasteiger partial charge is 0.494 e. The van der Waals surface area contributed by atoms with Crippen molar-refractivity contribution in [1.82, 2.24) is 4.90 Å². The van der Waals surface area contributed by atoms with Crippen molar-refractivity contribution in [3.63, 3.8) is 0 Å². The number of esters is 1. The van der Waals surface area contributed by atoms with Gasteiger partial charge in [0.15, 0.2) is 6.73 Å². The van der Waals surface area contributed by atoms with Gasteiger partial charge in [0.25, 0.3) is 0 Å². The van der Waals surface area contributed by atoms with Gasteiger partial charge < -0.3 is 14.4 Å². The summed E-state index contributed by atoms with van der Waals surface area (Å²) in [5, 5.41) is 1.21. The zero-order valence-corrected chi connectivity index (χ0v) is 34.9. The zero-order chi connectivity index (χ0) is 39.5. The van der Waals surface area contributed by atoms with Crippen molar-refractivity contribution in [2.24, 2.45) is 0 Å². The van der Waals surface area contributed by atoms with Crippen LogP contribution in [-0.2, 0) is 14.3 Å². The van der Waals surface area contributed by atoms with Crippen LogP contribution in [0.4, 0.5) is 11.4 Å². The second kappa shape index (κ2) is 27.7. The third-order valence-electron chi connectivity index (χ3n) is 9.40. The van der Waals surface area contributed by atoms with Gasteiger partial charge in [-0.1, -0.05) is 109 Å². The predicted octanol–water partition coefficient (Wildman–Crippen LogP) is 11.8. The lowest BCUT2D eigenvalue weighted by molar-refractivity contribution is -0.144. The second-order valence-electron chi connectivity index (χ2n) is 13.8. The molecule has 7 nitrogen and oxygen atoms in total. The van der Waals surface area contributed by atoms with Gasteiger partial charge in [-0.15, -0.1) is 0 Å². The van der Waals surface area contributed by atoms with Crippen molar-refractivity contribution in [3.8, 4) is 5.75 Å². The third-order valence-corrected chi connectivity index (χ3v) is 10.2. The van der Waals surface area contributed by atoms with E-state index < -0.39 is 0 Å². The van der Waals surface area contributed by atoms with Gasteiger partial charge in [0.1, 0.15) is 5.75 Å². The van der Waals surface area contributed by atoms with E-state index in [1.165, 1.54) is 11.8 Å². The van der Waals surface area contributed by atoms with Crippen molar-refractivity contribution in [2.45, 2.75) is 97.8 Å². The number of halogens is 2. The summed E-state index contributed by atoms with van der Waals surface area (Å²) in [7, 11) is 0. The standard InChI is InChI=1S/C46H63Cl2N3O4/c1-4-5-6-7-8-9-10-11-12-13-14-15-16-17-18-19-20-21-22-28-45(53)55-38-51(40(3)52)44-37-41(30-29-39(44)2)54-36-24-23-31-49-32-34-50(35-33-49)43-27-25-26-42(47)46(43)48/h5-6,8-9,11-12,14-15,17-18,25-27,29-30,37H,4,7,10,13,16,19-24,28,31-36,38H2,1-3H3/b6-5-,9-8-,12-11-,15-14-,18-17-. The molecule has 1 amide bonds. The minimum Gasteiger partial charge on any atom is -0.494 e. The fourth-order valence-electron chi connectivity index (χ4n) is 6.16. The van der Waals surface area contributed by atoms with Gasteiger partial charge >= 0.3 is 5.97 Å². The smallest absolute Gasteiger partial charge is 0.307 e. The average molecular weight is 793 g/mol. The number of amides is 1. The van der Waals surface area contributed by atoms with Crippen LogP contribution in [0, 0.1) is 6.92 Å². The Morgan fingerprint density at radius 1 is 0.782 bits per heavy atom. The highest BCUT2D eigenvalue weighted by molar-refractivity contribution is 6.43. The van der Waals surface area contributed by atoms with E-state index in [0.717, 1.165) is 115 Å². The highest BCUT2D eigenvalue weighted by atomic mass is 35.5. The molecule has 0 spiro atoms. The Balaban J connectivity index is 1.25. The van der Waals surface area contributed by atoms with Crippen molar-refractivity contribution in [3.05, 3.63) is 113 Å². The first kappa shape index (κ1) is 45.6. The lowest BCUT2D eigenvalue weighted by Crippen LogP contribution is -2.46. The number of anilines is 2. The molecule has 0 N–H and O–H groups in total. The van der Waals surface area contributed by atoms with Crippen LogP contribution in [0.2, 0.25) is 10.0 Å². The van der Waals surface area contributed by atoms with E-state index in [0.29, 0.717) is 34.5 Å². The second-order valence-corrected chi connectivity index (χ2v) is 14.6. The molecule has 2 aromatic rings. The van der Waals surface area contributed by atoms with Gasteiger partial charge in [0.2, 0.25) is 5.91 Å². The number of carbonyl (C=O) groups excluding carboxylic acids is 2. The quantitative estimate of drug-likeness (QED) is 0.0432. The van der Waals surface area contributed by atoms with Crippen LogP contribution in [-0.4, -0.2) is 62.8 Å². The summed E-state index contributed by atoms with van der Waals surface area (Å²) in [5.41, 5.74) is 2.60. The molecular formula is C46H63Cl2N3O4. The van der Waals surface area contributed by atoms with Crippen LogP contribution >= 0.6 is 23.2 Å². The van der Waals surface area contributed by atoms with Crippen LogP contribution in [0.5, 0.6) is 5.75 Å². The first-order valence-corrected chi connectivity index (χ1v) is 20.9. The van der Waals surface area contributed by atoms with Crippen LogP contribution in [0.3, 0.4) is 0 Å². The van der Waals surface area contributed by atoms with Crippen LogP contribution in [0.15, 0.2) is 97.2 Å². The lowest BCUT2D eigenvalue weighted by atomic mass is 10.1. The van der Waals surface area contributed by atoms with Crippen molar-refractivity contribution in [2.75, 3.05) is 55.9 Å². The van der Waals surface area contributed by atoms with Gasteiger partial charge in [-0.3, -0.25) is 19.4 Å². The average Bonchev–Trinajstić information content (AvgIpc) is 3.18. The zero-order valence-electron chi connectivity index (χ0n) is 33.4. The number of rotatable bonds is 25. The Morgan fingerprint density at radius 2 is 1.44 bits per heavy atom. The summed E-state index contributed by atoms with van der Waals surface area (Å²) in [4.78, 5) is 31.4. The summed E-state index contributed by atoms with van der Waals surface area (Å²) in [6.07, 6.45) is 33.1. The van der Waals surface area contributed by atoms with Crippen LogP contribution in [0.25, 0.3) is 0 Å². The third kappa shape index (κ3) is 18.6. The molecule has 0 radical (unpaired) electrons. The van der Waals surface area contributed by atoms with Gasteiger partial charge in [-0.25, -0.2) is 0 Å². The number of carbonyl (C=O) groups is 2. The number of benzene rings is 2. The predicted molar refractivity (Wildman–Crippen MR) is 233 cm³/mol. The molecule has 1 fully saturated rings. The van der Waals surface area contributed by atoms with Crippen molar-refractivity contribution < 1.29 is 19.1 Å². The van der Waals surface area contributed by atoms with Crippen molar-refractivity contribution in [1.29, 1.82) is 0 Å². The fraction of sp³-hybridized carbons (Fsp3) is 0.478. The first-order valence-electron chi connectivity index (χ1n) is 20.1. The molecule has 300 valence electrons. The molecule has 0 atom stereocenters. The summed E-state index contributed by atoms with van der Waals surface area (Å²) in [6, 6.07) is 11.5. The summed E-state index contributed by atoms with van der Waals surface area (Å²) in [5.74, 6) is 0.210. The molecule has 3 rings (SSSR count). The Bertz CT molecular complexity index is 1580. The molecule has 0 unspecified atom stereocenters. The minimum atomic E-state index is -0.291. The molecule has 0 aromatic heterocycles. The molecule has 9 heteroatoms. The SMILES string of the molecule is CC/C=C\C/C=C\C/C=C\C/C=C\C/C=C\CCCCCC(=O)OCN(C(C)=O)c1cc(OCCCCN2CCN(c3cccc(Cl)c3Cl)CC2)ccc1C. The van der Waals surface area contributed by atoms with Crippen LogP contribution < -0.4 is 14.5 Å². The minimum absolute atomic E-state index is 0.116. The van der Waals surface area contributed by atoms with E-state index in [9.17, 15) is 9.59 Å². The highest BCUT2D eigenvalue weighted by Crippen LogP contribution is 2.33. The number of aryl methyl sites for hydroxylation is 1. The number of hydrogen-bond acceptors (Lipinski definition) is 6. The van der Waals surface area contributed by atoms with E-state index in [-0.39, 0.29) is 18.6 Å². The van der Waals surface area contributed by atoms with Gasteiger partial charge in [-0.05, 0) is 101 Å². The monoisotopic (exact) mass is 791 g/mol. The number of nitrogens with zero attached hydrogens (tertiary/aromatic N) is 3. The highest BCUT2D eigenvalue weighted by Gasteiger charge is 2.20. The van der Waals surface area contributed by atoms with Gasteiger partial charge in [-0.2, -0.15) is 0 Å². The molecule has 0 aliphatic carbocycles. The molecule has 55 heavy (non-hydrogen) atoms. The number of unbranched alkanes of at least 4 members (excludes halogenated alkanes) is 4. The Morgan fingerprint density at radius 3 is 2.09 bits per heavy atom. The fourth-order valence-corrected chi connectivity index (χ4v) is 6.58. The Hall–Kier alpha value is -3.78. The maximum Gasteiger partial charge on any atom is 0.307 e. The first-order chi connectivity index (χ1) is 26.8. The number of allylic oxidation sites excluding steroid dienone is 10. The summed E-state index contributed by atoms with van der Waals surface area (Å²) >= 11 is 12.6. The number of ether oxygens (including phenoxy) is 2. The number of hydrogen-bond donors (Lipinski definition) is 0. The Kier molecular flexibility index (Phi) is 23.0. The molecule has 1 aliphatic rings. The van der Waals surface area contributed by atoms with Gasteiger partial charge in [0.05, 0.1) is 28.0 Å². The molecule has 1 aliphatic heterocycles. The lowest BCUT2D eigenvalue weighted by Gasteiger charge is -2.36. The van der Waals surface area contributed by atoms with Crippen LogP contribution in [0.1, 0.15) is 96.5 Å². The van der Waals surface area contributed by atoms with Crippen molar-refractivity contribution >= 4 is 46.5 Å².